The van der Waals surface area contributed by atoms with Crippen molar-refractivity contribution in [2.75, 3.05) is 20.0 Å². The van der Waals surface area contributed by atoms with Crippen molar-refractivity contribution in [1.29, 1.82) is 0 Å². The summed E-state index contributed by atoms with van der Waals surface area (Å²) in [5.41, 5.74) is 1.12. The number of para-hydroxylation sites is 1. The van der Waals surface area contributed by atoms with Crippen LogP contribution in [-0.4, -0.2) is 20.0 Å². The fourth-order valence-electron chi connectivity index (χ4n) is 1.87. The molecule has 1 aromatic carbocycles. The maximum absolute atomic E-state index is 11.9. The van der Waals surface area contributed by atoms with Gasteiger partial charge in [-0.05, 0) is 31.9 Å². The number of unbranched alkanes of at least 4 members (excludes halogenated alkanes) is 2. The van der Waals surface area contributed by atoms with Crippen molar-refractivity contribution >= 4 is 0 Å². The number of nitrogens with one attached hydrogen (secondary N) is 1. The topological polar surface area (TPSA) is 30.5 Å². The number of ether oxygens (including phenoxy) is 2. The highest BCUT2D eigenvalue weighted by Gasteiger charge is 2.16. The van der Waals surface area contributed by atoms with Gasteiger partial charge in [-0.3, -0.25) is 4.39 Å². The maximum Gasteiger partial charge on any atom is 0.231 e. The quantitative estimate of drug-likeness (QED) is 0.742. The highest BCUT2D eigenvalue weighted by molar-refractivity contribution is 5.48. The first-order chi connectivity index (χ1) is 8.42. The minimum absolute atomic E-state index is 0.211. The molecule has 3 nitrogen and oxygen atoms in total. The number of fused-ring (bicyclic) bond motifs is 1. The third-order valence-electron chi connectivity index (χ3n) is 2.78. The van der Waals surface area contributed by atoms with E-state index in [4.69, 9.17) is 9.47 Å². The summed E-state index contributed by atoms with van der Waals surface area (Å²) in [4.78, 5) is 0. The van der Waals surface area contributed by atoms with Crippen molar-refractivity contribution in [1.82, 2.24) is 5.32 Å². The Bertz CT molecular complexity index is 357. The predicted octanol–water partition coefficient (Wildman–Crippen LogP) is 2.64. The number of benzene rings is 1. The third-order valence-corrected chi connectivity index (χ3v) is 2.78. The molecule has 2 rings (SSSR count). The first kappa shape index (κ1) is 12.2. The Balaban J connectivity index is 1.74. The van der Waals surface area contributed by atoms with Crippen LogP contribution in [-0.2, 0) is 6.54 Å². The molecule has 0 radical (unpaired) electrons. The molecule has 0 amide bonds. The molecule has 0 saturated heterocycles. The fourth-order valence-corrected chi connectivity index (χ4v) is 1.87. The summed E-state index contributed by atoms with van der Waals surface area (Å²) in [5, 5.41) is 3.33. The van der Waals surface area contributed by atoms with E-state index in [0.29, 0.717) is 13.2 Å². The van der Waals surface area contributed by atoms with E-state index < -0.39 is 0 Å². The summed E-state index contributed by atoms with van der Waals surface area (Å²) in [5.74, 6) is 1.67. The first-order valence-electron chi connectivity index (χ1n) is 6.06. The number of halogens is 1. The smallest absolute Gasteiger partial charge is 0.231 e. The molecule has 0 unspecified atom stereocenters. The fraction of sp³-hybridized carbons (Fsp3) is 0.538. The van der Waals surface area contributed by atoms with Crippen LogP contribution in [0.25, 0.3) is 0 Å². The largest absolute Gasteiger partial charge is 0.454 e. The van der Waals surface area contributed by atoms with Gasteiger partial charge in [-0.1, -0.05) is 12.1 Å². The molecule has 0 bridgehead atoms. The van der Waals surface area contributed by atoms with Crippen LogP contribution in [0.1, 0.15) is 24.8 Å². The van der Waals surface area contributed by atoms with E-state index in [0.717, 1.165) is 43.0 Å². The van der Waals surface area contributed by atoms with Gasteiger partial charge in [0.15, 0.2) is 11.5 Å². The Labute approximate surface area is 101 Å². The molecule has 0 fully saturated rings. The molecule has 1 N–H and O–H groups in total. The van der Waals surface area contributed by atoms with Gasteiger partial charge in [0.2, 0.25) is 6.79 Å². The van der Waals surface area contributed by atoms with Crippen LogP contribution in [0, 0.1) is 0 Å². The number of alkyl halides is 1. The van der Waals surface area contributed by atoms with Gasteiger partial charge in [0.25, 0.3) is 0 Å². The molecule has 0 saturated carbocycles. The Morgan fingerprint density at radius 1 is 1.18 bits per heavy atom. The Morgan fingerprint density at radius 3 is 3.00 bits per heavy atom. The van der Waals surface area contributed by atoms with Crippen molar-refractivity contribution < 1.29 is 13.9 Å². The van der Waals surface area contributed by atoms with Gasteiger partial charge in [-0.15, -0.1) is 0 Å². The summed E-state index contributed by atoms with van der Waals surface area (Å²) >= 11 is 0. The Morgan fingerprint density at radius 2 is 2.12 bits per heavy atom. The zero-order valence-corrected chi connectivity index (χ0v) is 9.88. The van der Waals surface area contributed by atoms with Crippen molar-refractivity contribution in [2.24, 2.45) is 0 Å². The van der Waals surface area contributed by atoms with Gasteiger partial charge in [-0.2, -0.15) is 0 Å². The minimum atomic E-state index is -0.211. The summed E-state index contributed by atoms with van der Waals surface area (Å²) in [6.45, 7) is 1.77. The molecule has 94 valence electrons. The van der Waals surface area contributed by atoms with Crippen LogP contribution < -0.4 is 14.8 Å². The van der Waals surface area contributed by atoms with Crippen molar-refractivity contribution in [3.05, 3.63) is 23.8 Å². The van der Waals surface area contributed by atoms with E-state index in [9.17, 15) is 4.39 Å². The Kier molecular flexibility index (Phi) is 4.62. The highest BCUT2D eigenvalue weighted by atomic mass is 19.1. The van der Waals surface area contributed by atoms with Gasteiger partial charge in [0, 0.05) is 12.1 Å². The minimum Gasteiger partial charge on any atom is -0.454 e. The normalized spacial score (nSPS) is 13.0. The zero-order valence-electron chi connectivity index (χ0n) is 9.88. The van der Waals surface area contributed by atoms with Gasteiger partial charge >= 0.3 is 0 Å². The van der Waals surface area contributed by atoms with E-state index in [-0.39, 0.29) is 6.67 Å². The molecule has 0 aliphatic carbocycles. The molecule has 1 aromatic rings. The van der Waals surface area contributed by atoms with E-state index in [1.54, 1.807) is 0 Å². The molecule has 1 aliphatic heterocycles. The number of hydrogen-bond donors (Lipinski definition) is 1. The molecule has 1 heterocycles. The van der Waals surface area contributed by atoms with Gasteiger partial charge in [-0.25, -0.2) is 0 Å². The van der Waals surface area contributed by atoms with Crippen LogP contribution in [0.4, 0.5) is 4.39 Å². The lowest BCUT2D eigenvalue weighted by Crippen LogP contribution is -2.15. The summed E-state index contributed by atoms with van der Waals surface area (Å²) in [6, 6.07) is 5.91. The van der Waals surface area contributed by atoms with Crippen LogP contribution in [0.3, 0.4) is 0 Å². The molecule has 0 spiro atoms. The molecule has 0 aromatic heterocycles. The summed E-state index contributed by atoms with van der Waals surface area (Å²) < 4.78 is 22.6. The van der Waals surface area contributed by atoms with E-state index in [1.807, 2.05) is 18.2 Å². The average Bonchev–Trinajstić information content (AvgIpc) is 2.82. The van der Waals surface area contributed by atoms with Gasteiger partial charge < -0.3 is 14.8 Å². The van der Waals surface area contributed by atoms with Gasteiger partial charge in [0.1, 0.15) is 0 Å². The van der Waals surface area contributed by atoms with Gasteiger partial charge in [0.05, 0.1) is 6.67 Å². The van der Waals surface area contributed by atoms with Crippen molar-refractivity contribution in [2.45, 2.75) is 25.8 Å². The van der Waals surface area contributed by atoms with Crippen molar-refractivity contribution in [3.63, 3.8) is 0 Å². The highest BCUT2D eigenvalue weighted by Crippen LogP contribution is 2.35. The Hall–Kier alpha value is -1.29. The second-order valence-corrected chi connectivity index (χ2v) is 4.08. The molecular weight excluding hydrogens is 221 g/mol. The third kappa shape index (κ3) is 3.33. The van der Waals surface area contributed by atoms with E-state index in [2.05, 4.69) is 5.32 Å². The molecular formula is C13H18FNO2. The summed E-state index contributed by atoms with van der Waals surface area (Å²) in [6.07, 6.45) is 2.62. The standard InChI is InChI=1S/C13H18FNO2/c14-7-2-1-3-8-15-9-11-5-4-6-12-13(11)17-10-16-12/h4-6,15H,1-3,7-10H2. The van der Waals surface area contributed by atoms with Crippen LogP contribution in [0.15, 0.2) is 18.2 Å². The van der Waals surface area contributed by atoms with Crippen LogP contribution in [0.2, 0.25) is 0 Å². The monoisotopic (exact) mass is 239 g/mol. The van der Waals surface area contributed by atoms with Crippen LogP contribution >= 0.6 is 0 Å². The van der Waals surface area contributed by atoms with E-state index >= 15 is 0 Å². The summed E-state index contributed by atoms with van der Waals surface area (Å²) in [7, 11) is 0. The molecule has 1 aliphatic rings. The zero-order chi connectivity index (χ0) is 11.9. The lowest BCUT2D eigenvalue weighted by molar-refractivity contribution is 0.173. The molecule has 17 heavy (non-hydrogen) atoms. The lowest BCUT2D eigenvalue weighted by atomic mass is 10.2. The molecule has 4 heteroatoms. The second kappa shape index (κ2) is 6.45. The van der Waals surface area contributed by atoms with E-state index in [1.165, 1.54) is 0 Å². The number of rotatable bonds is 7. The molecule has 0 atom stereocenters. The average molecular weight is 239 g/mol. The maximum atomic E-state index is 11.9. The lowest BCUT2D eigenvalue weighted by Gasteiger charge is -2.07. The van der Waals surface area contributed by atoms with Crippen LogP contribution in [0.5, 0.6) is 11.5 Å². The predicted molar refractivity (Wildman–Crippen MR) is 64.1 cm³/mol. The SMILES string of the molecule is FCCCCCNCc1cccc2c1OCO2. The number of hydrogen-bond acceptors (Lipinski definition) is 3. The first-order valence-corrected chi connectivity index (χ1v) is 6.06. The van der Waals surface area contributed by atoms with Crippen molar-refractivity contribution in [3.8, 4) is 11.5 Å². The second-order valence-electron chi connectivity index (χ2n) is 4.08.